The van der Waals surface area contributed by atoms with Crippen molar-refractivity contribution in [3.63, 3.8) is 0 Å². The molecule has 38 heavy (non-hydrogen) atoms. The SMILES string of the molecule is CCC(C(=O)Nc1cc(NC2CCNC2)ccc1C)n1cc(Cl)cc2nc(SCc3ccc(F)cc3)nc1-2. The van der Waals surface area contributed by atoms with Gasteiger partial charge in [-0.15, -0.1) is 0 Å². The third kappa shape index (κ3) is 6.11. The van der Waals surface area contributed by atoms with Gasteiger partial charge in [-0.25, -0.2) is 14.4 Å². The molecule has 1 fully saturated rings. The smallest absolute Gasteiger partial charge is 0.247 e. The van der Waals surface area contributed by atoms with E-state index in [2.05, 4.69) is 20.9 Å². The summed E-state index contributed by atoms with van der Waals surface area (Å²) in [6, 6.07) is 14.0. The second-order valence-electron chi connectivity index (χ2n) is 9.47. The molecule has 3 aliphatic heterocycles. The lowest BCUT2D eigenvalue weighted by Gasteiger charge is -2.22. The molecule has 198 valence electrons. The van der Waals surface area contributed by atoms with Crippen LogP contribution in [0.25, 0.3) is 11.5 Å². The number of hydrogen-bond acceptors (Lipinski definition) is 6. The summed E-state index contributed by atoms with van der Waals surface area (Å²) >= 11 is 7.89. The van der Waals surface area contributed by atoms with Crippen LogP contribution in [-0.2, 0) is 10.5 Å². The summed E-state index contributed by atoms with van der Waals surface area (Å²) < 4.78 is 15.0. The highest BCUT2D eigenvalue weighted by atomic mass is 35.5. The molecule has 3 heterocycles. The number of imidazole rings is 1. The lowest BCUT2D eigenvalue weighted by molar-refractivity contribution is -0.119. The fraction of sp³-hybridized carbons (Fsp3) is 0.321. The number of carbonyl (C=O) groups is 1. The number of fused-ring (bicyclic) bond motifs is 1. The lowest BCUT2D eigenvalue weighted by atomic mass is 10.1. The number of aromatic nitrogens is 3. The lowest BCUT2D eigenvalue weighted by Crippen LogP contribution is -2.27. The van der Waals surface area contributed by atoms with Crippen molar-refractivity contribution in [1.82, 2.24) is 19.9 Å². The van der Waals surface area contributed by atoms with E-state index >= 15 is 0 Å². The van der Waals surface area contributed by atoms with Crippen molar-refractivity contribution in [3.8, 4) is 11.5 Å². The molecule has 2 aromatic carbocycles. The second kappa shape index (κ2) is 11.7. The van der Waals surface area contributed by atoms with Crippen LogP contribution in [0.3, 0.4) is 0 Å². The molecule has 0 radical (unpaired) electrons. The third-order valence-electron chi connectivity index (χ3n) is 6.66. The minimum Gasteiger partial charge on any atom is -0.381 e. The molecular weight excluding hydrogens is 523 g/mol. The van der Waals surface area contributed by atoms with E-state index in [1.54, 1.807) is 24.4 Å². The summed E-state index contributed by atoms with van der Waals surface area (Å²) in [5.74, 6) is 0.784. The number of rotatable bonds is 9. The Bertz CT molecular complexity index is 1390. The molecule has 3 aliphatic rings. The Balaban J connectivity index is 1.35. The molecule has 3 N–H and O–H groups in total. The Morgan fingerprint density at radius 3 is 2.79 bits per heavy atom. The number of halogens is 2. The number of benzene rings is 2. The summed E-state index contributed by atoms with van der Waals surface area (Å²) in [6.45, 7) is 5.88. The van der Waals surface area contributed by atoms with Gasteiger partial charge in [0.2, 0.25) is 5.91 Å². The minimum atomic E-state index is -0.530. The molecule has 0 bridgehead atoms. The van der Waals surface area contributed by atoms with Crippen LogP contribution in [0.1, 0.15) is 36.9 Å². The Kier molecular flexibility index (Phi) is 8.16. The van der Waals surface area contributed by atoms with Crippen molar-refractivity contribution in [3.05, 3.63) is 76.7 Å². The third-order valence-corrected chi connectivity index (χ3v) is 7.79. The van der Waals surface area contributed by atoms with Crippen LogP contribution in [0.4, 0.5) is 15.8 Å². The molecule has 0 aromatic heterocycles. The maximum Gasteiger partial charge on any atom is 0.247 e. The number of pyridine rings is 1. The van der Waals surface area contributed by atoms with Crippen molar-refractivity contribution in [2.45, 2.75) is 49.7 Å². The predicted molar refractivity (Wildman–Crippen MR) is 152 cm³/mol. The van der Waals surface area contributed by atoms with E-state index in [-0.39, 0.29) is 11.7 Å². The molecule has 1 amide bonds. The van der Waals surface area contributed by atoms with Crippen LogP contribution in [0.5, 0.6) is 0 Å². The van der Waals surface area contributed by atoms with Crippen molar-refractivity contribution in [2.24, 2.45) is 0 Å². The Labute approximate surface area is 230 Å². The Morgan fingerprint density at radius 1 is 1.24 bits per heavy atom. The summed E-state index contributed by atoms with van der Waals surface area (Å²) in [5, 5.41) is 11.1. The number of carbonyl (C=O) groups excluding carboxylic acids is 1. The van der Waals surface area contributed by atoms with Gasteiger partial charge in [0.1, 0.15) is 17.6 Å². The van der Waals surface area contributed by atoms with Gasteiger partial charge in [-0.2, -0.15) is 0 Å². The zero-order valence-corrected chi connectivity index (χ0v) is 22.9. The number of nitrogens with zero attached hydrogens (tertiary/aromatic N) is 3. The average Bonchev–Trinajstić information content (AvgIpc) is 3.56. The topological polar surface area (TPSA) is 83.9 Å². The molecule has 0 spiro atoms. The molecule has 0 aliphatic carbocycles. The summed E-state index contributed by atoms with van der Waals surface area (Å²) in [4.78, 5) is 22.9. The van der Waals surface area contributed by atoms with Gasteiger partial charge < -0.3 is 20.5 Å². The average molecular weight is 553 g/mol. The number of aryl methyl sites for hydroxylation is 1. The van der Waals surface area contributed by atoms with Gasteiger partial charge in [0, 0.05) is 35.9 Å². The monoisotopic (exact) mass is 552 g/mol. The molecule has 2 aromatic rings. The summed E-state index contributed by atoms with van der Waals surface area (Å²) in [5.41, 5.74) is 4.33. The van der Waals surface area contributed by atoms with Crippen LogP contribution in [0.15, 0.2) is 59.9 Å². The molecule has 2 atom stereocenters. The van der Waals surface area contributed by atoms with Gasteiger partial charge in [0.05, 0.1) is 5.02 Å². The Hall–Kier alpha value is -3.14. The zero-order chi connectivity index (χ0) is 26.6. The summed E-state index contributed by atoms with van der Waals surface area (Å²) in [6.07, 6.45) is 3.35. The quantitative estimate of drug-likeness (QED) is 0.216. The fourth-order valence-electron chi connectivity index (χ4n) is 4.59. The normalized spacial score (nSPS) is 16.1. The number of amides is 1. The van der Waals surface area contributed by atoms with Gasteiger partial charge in [0.25, 0.3) is 0 Å². The molecule has 5 rings (SSSR count). The number of hydrogen-bond donors (Lipinski definition) is 3. The van der Waals surface area contributed by atoms with Crippen molar-refractivity contribution in [2.75, 3.05) is 23.7 Å². The largest absolute Gasteiger partial charge is 0.381 e. The van der Waals surface area contributed by atoms with E-state index < -0.39 is 6.04 Å². The molecule has 7 nitrogen and oxygen atoms in total. The highest BCUT2D eigenvalue weighted by Crippen LogP contribution is 2.32. The first-order chi connectivity index (χ1) is 18.4. The molecule has 0 saturated carbocycles. The number of nitrogens with one attached hydrogen (secondary N) is 3. The zero-order valence-electron chi connectivity index (χ0n) is 21.3. The Morgan fingerprint density at radius 2 is 2.05 bits per heavy atom. The maximum absolute atomic E-state index is 13.6. The number of anilines is 2. The number of thioether (sulfide) groups is 1. The van der Waals surface area contributed by atoms with E-state index in [4.69, 9.17) is 16.6 Å². The van der Waals surface area contributed by atoms with Gasteiger partial charge in [-0.3, -0.25) is 4.79 Å². The van der Waals surface area contributed by atoms with Crippen molar-refractivity contribution in [1.29, 1.82) is 0 Å². The molecule has 2 unspecified atom stereocenters. The first kappa shape index (κ1) is 26.5. The van der Waals surface area contributed by atoms with E-state index in [9.17, 15) is 9.18 Å². The highest BCUT2D eigenvalue weighted by Gasteiger charge is 2.26. The molecular formula is C28H30ClFN6OS. The minimum absolute atomic E-state index is 0.146. The van der Waals surface area contributed by atoms with Crippen LogP contribution >= 0.6 is 23.4 Å². The predicted octanol–water partition coefficient (Wildman–Crippen LogP) is 6.14. The second-order valence-corrected chi connectivity index (χ2v) is 10.9. The van der Waals surface area contributed by atoms with Crippen LogP contribution in [0.2, 0.25) is 5.02 Å². The van der Waals surface area contributed by atoms with Crippen LogP contribution in [0, 0.1) is 12.7 Å². The van der Waals surface area contributed by atoms with Gasteiger partial charge in [-0.1, -0.05) is 48.5 Å². The standard InChI is InChI=1S/C28H30ClFN6OS/c1-3-25(27(37)33-23-13-21(9-4-17(23)2)32-22-10-11-31-14-22)36-15-19(29)12-24-26(36)35-28(34-24)38-16-18-5-7-20(30)8-6-18/h4-9,12-13,15,22,25,31-32H,3,10-11,14,16H2,1-2H3,(H,33,37). The van der Waals surface area contributed by atoms with Crippen LogP contribution in [-0.4, -0.2) is 39.6 Å². The fourth-order valence-corrected chi connectivity index (χ4v) is 5.60. The van der Waals surface area contributed by atoms with Crippen molar-refractivity contribution < 1.29 is 9.18 Å². The van der Waals surface area contributed by atoms with E-state index in [1.165, 1.54) is 23.9 Å². The van der Waals surface area contributed by atoms with E-state index in [0.29, 0.717) is 39.9 Å². The summed E-state index contributed by atoms with van der Waals surface area (Å²) in [7, 11) is 0. The van der Waals surface area contributed by atoms with E-state index in [0.717, 1.165) is 42.0 Å². The molecule has 1 saturated heterocycles. The van der Waals surface area contributed by atoms with Crippen molar-refractivity contribution >= 4 is 40.6 Å². The van der Waals surface area contributed by atoms with Gasteiger partial charge in [0.15, 0.2) is 11.0 Å². The molecule has 10 heteroatoms. The highest BCUT2D eigenvalue weighted by molar-refractivity contribution is 7.98. The van der Waals surface area contributed by atoms with Gasteiger partial charge in [-0.05, 0) is 67.8 Å². The van der Waals surface area contributed by atoms with E-state index in [1.807, 2.05) is 36.6 Å². The van der Waals surface area contributed by atoms with Gasteiger partial charge >= 0.3 is 0 Å². The first-order valence-corrected chi connectivity index (χ1v) is 14.1. The van der Waals surface area contributed by atoms with Crippen LogP contribution < -0.4 is 16.0 Å². The maximum atomic E-state index is 13.6. The first-order valence-electron chi connectivity index (χ1n) is 12.7.